The van der Waals surface area contributed by atoms with Crippen LogP contribution in [0, 0.1) is 5.92 Å². The molecule has 1 aromatic rings. The number of hydrogen-bond donors (Lipinski definition) is 1. The van der Waals surface area contributed by atoms with Crippen LogP contribution in [0.5, 0.6) is 0 Å². The van der Waals surface area contributed by atoms with Crippen LogP contribution >= 0.6 is 0 Å². The van der Waals surface area contributed by atoms with Crippen LogP contribution in [0.2, 0.25) is 0 Å². The third-order valence-electron chi connectivity index (χ3n) is 5.59. The standard InChI is InChI=1S/C18H32N6O/c1-15(17-21-19-14-22(17)2)20-18(25)24-11-7-16(8-12-24)13-23-9-5-3-4-6-10-23/h14-16H,3-13H2,1-2H3,(H,20,25). The molecule has 3 rings (SSSR count). The zero-order valence-corrected chi connectivity index (χ0v) is 15.7. The van der Waals surface area contributed by atoms with Gasteiger partial charge in [0.2, 0.25) is 0 Å². The summed E-state index contributed by atoms with van der Waals surface area (Å²) in [5.74, 6) is 1.52. The lowest BCUT2D eigenvalue weighted by Crippen LogP contribution is -2.46. The van der Waals surface area contributed by atoms with Gasteiger partial charge in [-0.15, -0.1) is 10.2 Å². The van der Waals surface area contributed by atoms with E-state index in [-0.39, 0.29) is 12.1 Å². The van der Waals surface area contributed by atoms with Crippen LogP contribution in [0.25, 0.3) is 0 Å². The molecule has 0 spiro atoms. The van der Waals surface area contributed by atoms with Crippen LogP contribution in [0.3, 0.4) is 0 Å². The molecule has 0 bridgehead atoms. The van der Waals surface area contributed by atoms with Crippen molar-refractivity contribution >= 4 is 6.03 Å². The van der Waals surface area contributed by atoms with Crippen molar-refractivity contribution in [1.29, 1.82) is 0 Å². The third-order valence-corrected chi connectivity index (χ3v) is 5.59. The van der Waals surface area contributed by atoms with Gasteiger partial charge >= 0.3 is 6.03 Å². The average Bonchev–Trinajstić information content (AvgIpc) is 2.88. The molecule has 0 aromatic carbocycles. The van der Waals surface area contributed by atoms with E-state index in [1.165, 1.54) is 45.3 Å². The number of hydrogen-bond acceptors (Lipinski definition) is 4. The number of piperidine rings is 1. The minimum absolute atomic E-state index is 0.0173. The number of urea groups is 1. The van der Waals surface area contributed by atoms with E-state index in [1.54, 1.807) is 6.33 Å². The van der Waals surface area contributed by atoms with Crippen LogP contribution < -0.4 is 5.32 Å². The number of aryl methyl sites for hydroxylation is 1. The molecule has 0 radical (unpaired) electrons. The van der Waals surface area contributed by atoms with Gasteiger partial charge in [0.05, 0.1) is 6.04 Å². The maximum atomic E-state index is 12.5. The molecular weight excluding hydrogens is 316 g/mol. The summed E-state index contributed by atoms with van der Waals surface area (Å²) in [5.41, 5.74) is 0. The number of rotatable bonds is 4. The number of amides is 2. The summed E-state index contributed by atoms with van der Waals surface area (Å²) in [5, 5.41) is 11.0. The predicted octanol–water partition coefficient (Wildman–Crippen LogP) is 2.17. The summed E-state index contributed by atoms with van der Waals surface area (Å²) in [6, 6.07) is -0.112. The number of nitrogens with one attached hydrogen (secondary N) is 1. The molecule has 0 aliphatic carbocycles. The lowest BCUT2D eigenvalue weighted by atomic mass is 9.96. The molecule has 2 aliphatic rings. The van der Waals surface area contributed by atoms with Gasteiger partial charge in [-0.05, 0) is 51.6 Å². The van der Waals surface area contributed by atoms with Crippen LogP contribution in [-0.4, -0.2) is 63.3 Å². The smallest absolute Gasteiger partial charge is 0.317 e. The molecule has 2 aliphatic heterocycles. The third kappa shape index (κ3) is 4.93. The minimum atomic E-state index is -0.130. The summed E-state index contributed by atoms with van der Waals surface area (Å²) in [4.78, 5) is 17.1. The second kappa shape index (κ2) is 8.65. The van der Waals surface area contributed by atoms with Gasteiger partial charge in [-0.2, -0.15) is 0 Å². The lowest BCUT2D eigenvalue weighted by Gasteiger charge is -2.35. The molecule has 1 N–H and O–H groups in total. The molecule has 2 amide bonds. The van der Waals surface area contributed by atoms with Crippen molar-refractivity contribution in [3.8, 4) is 0 Å². The zero-order valence-electron chi connectivity index (χ0n) is 15.7. The van der Waals surface area contributed by atoms with Gasteiger partial charge < -0.3 is 19.7 Å². The van der Waals surface area contributed by atoms with Gasteiger partial charge in [0.15, 0.2) is 5.82 Å². The van der Waals surface area contributed by atoms with Gasteiger partial charge in [0.25, 0.3) is 0 Å². The van der Waals surface area contributed by atoms with Gasteiger partial charge in [-0.25, -0.2) is 4.79 Å². The van der Waals surface area contributed by atoms with Crippen molar-refractivity contribution in [2.24, 2.45) is 13.0 Å². The Kier molecular flexibility index (Phi) is 6.29. The average molecular weight is 348 g/mol. The highest BCUT2D eigenvalue weighted by molar-refractivity contribution is 5.74. The fourth-order valence-corrected chi connectivity index (χ4v) is 4.03. The number of likely N-dealkylation sites (tertiary alicyclic amines) is 2. The number of aromatic nitrogens is 3. The minimum Gasteiger partial charge on any atom is -0.328 e. The van der Waals surface area contributed by atoms with Gasteiger partial charge in [0.1, 0.15) is 6.33 Å². The highest BCUT2D eigenvalue weighted by Crippen LogP contribution is 2.21. The SMILES string of the molecule is CC(NC(=O)N1CCC(CN2CCCCCC2)CC1)c1nncn1C. The van der Waals surface area contributed by atoms with Gasteiger partial charge in [-0.3, -0.25) is 0 Å². The Labute approximate surface area is 150 Å². The summed E-state index contributed by atoms with van der Waals surface area (Å²) >= 11 is 0. The van der Waals surface area contributed by atoms with E-state index in [0.29, 0.717) is 0 Å². The monoisotopic (exact) mass is 348 g/mol. The van der Waals surface area contributed by atoms with E-state index in [2.05, 4.69) is 20.4 Å². The molecule has 0 saturated carbocycles. The molecule has 25 heavy (non-hydrogen) atoms. The largest absolute Gasteiger partial charge is 0.328 e. The maximum absolute atomic E-state index is 12.5. The van der Waals surface area contributed by atoms with Crippen LogP contribution in [0.4, 0.5) is 4.79 Å². The van der Waals surface area contributed by atoms with E-state index in [1.807, 2.05) is 23.4 Å². The first kappa shape index (κ1) is 18.2. The topological polar surface area (TPSA) is 66.3 Å². The summed E-state index contributed by atoms with van der Waals surface area (Å²) in [6.45, 7) is 7.40. The number of carbonyl (C=O) groups is 1. The molecule has 7 nitrogen and oxygen atoms in total. The molecule has 7 heteroatoms. The first-order chi connectivity index (χ1) is 12.1. The van der Waals surface area contributed by atoms with Crippen molar-refractivity contribution < 1.29 is 4.79 Å². The molecule has 2 saturated heterocycles. The van der Waals surface area contributed by atoms with Gasteiger partial charge in [-0.1, -0.05) is 12.8 Å². The number of carbonyl (C=O) groups excluding carboxylic acids is 1. The van der Waals surface area contributed by atoms with Crippen LogP contribution in [0.1, 0.15) is 57.3 Å². The highest BCUT2D eigenvalue weighted by Gasteiger charge is 2.26. The molecule has 3 heterocycles. The summed E-state index contributed by atoms with van der Waals surface area (Å²) in [7, 11) is 1.90. The Bertz CT molecular complexity index is 544. The Morgan fingerprint density at radius 2 is 1.88 bits per heavy atom. The second-order valence-electron chi connectivity index (χ2n) is 7.62. The zero-order chi connectivity index (χ0) is 17.6. The molecule has 1 unspecified atom stereocenters. The van der Waals surface area contributed by atoms with Crippen LogP contribution in [-0.2, 0) is 7.05 Å². The van der Waals surface area contributed by atoms with E-state index < -0.39 is 0 Å². The Morgan fingerprint density at radius 1 is 1.20 bits per heavy atom. The van der Waals surface area contributed by atoms with Crippen molar-refractivity contribution in [3.63, 3.8) is 0 Å². The Morgan fingerprint density at radius 3 is 2.48 bits per heavy atom. The fourth-order valence-electron chi connectivity index (χ4n) is 4.03. The van der Waals surface area contributed by atoms with E-state index in [9.17, 15) is 4.79 Å². The summed E-state index contributed by atoms with van der Waals surface area (Å²) < 4.78 is 1.85. The molecule has 2 fully saturated rings. The lowest BCUT2D eigenvalue weighted by molar-refractivity contribution is 0.146. The van der Waals surface area contributed by atoms with E-state index in [4.69, 9.17) is 0 Å². The predicted molar refractivity (Wildman–Crippen MR) is 97.2 cm³/mol. The molecule has 140 valence electrons. The molecule has 1 atom stereocenters. The van der Waals surface area contributed by atoms with Gasteiger partial charge in [0, 0.05) is 26.7 Å². The van der Waals surface area contributed by atoms with Crippen molar-refractivity contribution in [2.75, 3.05) is 32.7 Å². The second-order valence-corrected chi connectivity index (χ2v) is 7.62. The number of nitrogens with zero attached hydrogens (tertiary/aromatic N) is 5. The molecule has 1 aromatic heterocycles. The Balaban J connectivity index is 1.42. The van der Waals surface area contributed by atoms with E-state index in [0.717, 1.165) is 37.7 Å². The van der Waals surface area contributed by atoms with Crippen molar-refractivity contribution in [2.45, 2.75) is 51.5 Å². The Hall–Kier alpha value is -1.63. The maximum Gasteiger partial charge on any atom is 0.317 e. The first-order valence-corrected chi connectivity index (χ1v) is 9.75. The first-order valence-electron chi connectivity index (χ1n) is 9.75. The van der Waals surface area contributed by atoms with Crippen LogP contribution in [0.15, 0.2) is 6.33 Å². The highest BCUT2D eigenvalue weighted by atomic mass is 16.2. The van der Waals surface area contributed by atoms with Crippen molar-refractivity contribution in [1.82, 2.24) is 29.9 Å². The van der Waals surface area contributed by atoms with E-state index >= 15 is 0 Å². The quantitative estimate of drug-likeness (QED) is 0.906. The summed E-state index contributed by atoms with van der Waals surface area (Å²) in [6.07, 6.45) is 9.36. The normalized spacial score (nSPS) is 21.8. The van der Waals surface area contributed by atoms with Crippen molar-refractivity contribution in [3.05, 3.63) is 12.2 Å². The fraction of sp³-hybridized carbons (Fsp3) is 0.833. The molecular formula is C18H32N6O.